The van der Waals surface area contributed by atoms with Crippen molar-refractivity contribution in [2.45, 2.75) is 6.54 Å². The molecule has 80 valence electrons. The maximum absolute atomic E-state index is 11.4. The second-order valence-electron chi connectivity index (χ2n) is 3.43. The molecule has 2 N–H and O–H groups in total. The van der Waals surface area contributed by atoms with Crippen LogP contribution in [0.2, 0.25) is 0 Å². The van der Waals surface area contributed by atoms with Gasteiger partial charge in [0.2, 0.25) is 0 Å². The highest BCUT2D eigenvalue weighted by Crippen LogP contribution is 2.21. The Hall–Kier alpha value is -1.55. The Morgan fingerprint density at radius 2 is 2.40 bits per heavy atom. The van der Waals surface area contributed by atoms with Crippen molar-refractivity contribution < 1.29 is 9.53 Å². The van der Waals surface area contributed by atoms with Gasteiger partial charge in [0.15, 0.2) is 0 Å². The van der Waals surface area contributed by atoms with Gasteiger partial charge in [0, 0.05) is 31.3 Å². The van der Waals surface area contributed by atoms with Crippen molar-refractivity contribution >= 4 is 5.91 Å². The third-order valence-corrected chi connectivity index (χ3v) is 2.41. The molecule has 0 unspecified atom stereocenters. The summed E-state index contributed by atoms with van der Waals surface area (Å²) in [5, 5.41) is 5.83. The normalized spacial score (nSPS) is 14.7. The molecular weight excluding hydrogens is 192 g/mol. The molecule has 4 heteroatoms. The number of fused-ring (bicyclic) bond motifs is 1. The lowest BCUT2D eigenvalue weighted by Gasteiger charge is -2.08. The highest BCUT2D eigenvalue weighted by molar-refractivity contribution is 5.94. The predicted molar refractivity (Wildman–Crippen MR) is 57.0 cm³/mol. The number of hydrogen-bond donors (Lipinski definition) is 2. The molecule has 0 bridgehead atoms. The second kappa shape index (κ2) is 4.31. The summed E-state index contributed by atoms with van der Waals surface area (Å²) in [4.78, 5) is 11.4. The molecule has 1 aliphatic heterocycles. The van der Waals surface area contributed by atoms with E-state index in [9.17, 15) is 4.79 Å². The predicted octanol–water partition coefficient (Wildman–Crippen LogP) is 0.528. The highest BCUT2D eigenvalue weighted by atomic mass is 16.5. The Kier molecular flexibility index (Phi) is 2.87. The first-order valence-electron chi connectivity index (χ1n) is 5.00. The van der Waals surface area contributed by atoms with E-state index in [1.165, 1.54) is 0 Å². The Morgan fingerprint density at radius 3 is 3.20 bits per heavy atom. The van der Waals surface area contributed by atoms with Crippen molar-refractivity contribution in [1.29, 1.82) is 0 Å². The van der Waals surface area contributed by atoms with Crippen LogP contribution in [0.4, 0.5) is 0 Å². The summed E-state index contributed by atoms with van der Waals surface area (Å²) in [5.74, 6) is 0.722. The molecule has 0 aromatic heterocycles. The van der Waals surface area contributed by atoms with Gasteiger partial charge in [0.05, 0.1) is 0 Å². The van der Waals surface area contributed by atoms with Gasteiger partial charge >= 0.3 is 0 Å². The molecule has 0 spiro atoms. The van der Waals surface area contributed by atoms with Gasteiger partial charge < -0.3 is 15.4 Å². The van der Waals surface area contributed by atoms with Gasteiger partial charge in [-0.1, -0.05) is 6.07 Å². The lowest BCUT2D eigenvalue weighted by molar-refractivity contribution is 0.0962. The molecule has 15 heavy (non-hydrogen) atoms. The first-order chi connectivity index (χ1) is 7.31. The summed E-state index contributed by atoms with van der Waals surface area (Å²) >= 11 is 0. The quantitative estimate of drug-likeness (QED) is 0.704. The zero-order valence-corrected chi connectivity index (χ0v) is 8.67. The standard InChI is InChI=1S/C11H14N2O2/c1-12-11(14)8-2-3-9-7-13-4-5-15-10(9)6-8/h2-3,6,13H,4-5,7H2,1H3,(H,12,14). The minimum atomic E-state index is -0.0846. The number of rotatable bonds is 1. The Bertz CT molecular complexity index is 377. The minimum Gasteiger partial charge on any atom is -0.492 e. The van der Waals surface area contributed by atoms with Crippen LogP contribution < -0.4 is 15.4 Å². The van der Waals surface area contributed by atoms with Crippen molar-refractivity contribution in [1.82, 2.24) is 10.6 Å². The van der Waals surface area contributed by atoms with Gasteiger partial charge in [-0.3, -0.25) is 4.79 Å². The van der Waals surface area contributed by atoms with Crippen molar-refractivity contribution in [3.05, 3.63) is 29.3 Å². The van der Waals surface area contributed by atoms with E-state index in [0.717, 1.165) is 24.4 Å². The Morgan fingerprint density at radius 1 is 1.53 bits per heavy atom. The molecule has 0 fully saturated rings. The number of carbonyl (C=O) groups is 1. The molecule has 0 saturated carbocycles. The molecule has 1 aromatic carbocycles. The SMILES string of the molecule is CNC(=O)c1ccc2c(c1)OCCNC2. The van der Waals surface area contributed by atoms with Gasteiger partial charge in [0.25, 0.3) is 5.91 Å². The van der Waals surface area contributed by atoms with E-state index >= 15 is 0 Å². The zero-order chi connectivity index (χ0) is 10.7. The third kappa shape index (κ3) is 2.10. The van der Waals surface area contributed by atoms with Gasteiger partial charge in [-0.15, -0.1) is 0 Å². The summed E-state index contributed by atoms with van der Waals surface area (Å²) in [6.45, 7) is 2.28. The average Bonchev–Trinajstić information content (AvgIpc) is 2.51. The molecule has 0 radical (unpaired) electrons. The maximum atomic E-state index is 11.4. The molecule has 4 nitrogen and oxygen atoms in total. The average molecular weight is 206 g/mol. The topological polar surface area (TPSA) is 50.4 Å². The van der Waals surface area contributed by atoms with Crippen molar-refractivity contribution in [3.8, 4) is 5.75 Å². The number of nitrogens with one attached hydrogen (secondary N) is 2. The maximum Gasteiger partial charge on any atom is 0.251 e. The molecule has 0 saturated heterocycles. The fraction of sp³-hybridized carbons (Fsp3) is 0.364. The van der Waals surface area contributed by atoms with Gasteiger partial charge in [-0.2, -0.15) is 0 Å². The number of ether oxygens (including phenoxy) is 1. The van der Waals surface area contributed by atoms with Gasteiger partial charge in [0.1, 0.15) is 12.4 Å². The first-order valence-corrected chi connectivity index (χ1v) is 5.00. The van der Waals surface area contributed by atoms with E-state index in [0.29, 0.717) is 12.2 Å². The fourth-order valence-electron chi connectivity index (χ4n) is 1.58. The molecule has 2 rings (SSSR count). The molecule has 1 aromatic rings. The summed E-state index contributed by atoms with van der Waals surface area (Å²) in [7, 11) is 1.62. The van der Waals surface area contributed by atoms with E-state index in [2.05, 4.69) is 10.6 Å². The monoisotopic (exact) mass is 206 g/mol. The van der Waals surface area contributed by atoms with Crippen LogP contribution in [0.3, 0.4) is 0 Å². The van der Waals surface area contributed by atoms with E-state index < -0.39 is 0 Å². The molecular formula is C11H14N2O2. The number of hydrogen-bond acceptors (Lipinski definition) is 3. The van der Waals surface area contributed by atoms with Crippen LogP contribution in [0.1, 0.15) is 15.9 Å². The van der Waals surface area contributed by atoms with Crippen LogP contribution in [0.25, 0.3) is 0 Å². The lowest BCUT2D eigenvalue weighted by atomic mass is 10.1. The molecule has 1 aliphatic rings. The van der Waals surface area contributed by atoms with Crippen LogP contribution in [0, 0.1) is 0 Å². The van der Waals surface area contributed by atoms with Gasteiger partial charge in [-0.05, 0) is 12.1 Å². The van der Waals surface area contributed by atoms with Crippen LogP contribution >= 0.6 is 0 Å². The molecule has 1 heterocycles. The second-order valence-corrected chi connectivity index (χ2v) is 3.43. The summed E-state index contributed by atoms with van der Waals surface area (Å²) in [6, 6.07) is 5.54. The molecule has 1 amide bonds. The minimum absolute atomic E-state index is 0.0846. The first kappa shape index (κ1) is 9.98. The van der Waals surface area contributed by atoms with Crippen molar-refractivity contribution in [2.75, 3.05) is 20.2 Å². The van der Waals surface area contributed by atoms with Crippen LogP contribution in [0.15, 0.2) is 18.2 Å². The smallest absolute Gasteiger partial charge is 0.251 e. The Balaban J connectivity index is 2.31. The summed E-state index contributed by atoms with van der Waals surface area (Å²) < 4.78 is 5.54. The summed E-state index contributed by atoms with van der Waals surface area (Å²) in [5.41, 5.74) is 1.73. The van der Waals surface area contributed by atoms with E-state index in [4.69, 9.17) is 4.74 Å². The molecule has 0 atom stereocenters. The number of carbonyl (C=O) groups excluding carboxylic acids is 1. The largest absolute Gasteiger partial charge is 0.492 e. The lowest BCUT2D eigenvalue weighted by Crippen LogP contribution is -2.17. The van der Waals surface area contributed by atoms with E-state index in [1.807, 2.05) is 12.1 Å². The fourth-order valence-corrected chi connectivity index (χ4v) is 1.58. The van der Waals surface area contributed by atoms with Crippen molar-refractivity contribution in [3.63, 3.8) is 0 Å². The zero-order valence-electron chi connectivity index (χ0n) is 8.67. The van der Waals surface area contributed by atoms with E-state index in [-0.39, 0.29) is 5.91 Å². The number of amides is 1. The van der Waals surface area contributed by atoms with E-state index in [1.54, 1.807) is 13.1 Å². The van der Waals surface area contributed by atoms with Crippen LogP contribution in [-0.4, -0.2) is 26.1 Å². The van der Waals surface area contributed by atoms with Crippen LogP contribution in [0.5, 0.6) is 5.75 Å². The van der Waals surface area contributed by atoms with Crippen LogP contribution in [-0.2, 0) is 6.54 Å². The molecule has 0 aliphatic carbocycles. The Labute approximate surface area is 88.6 Å². The van der Waals surface area contributed by atoms with Gasteiger partial charge in [-0.25, -0.2) is 0 Å². The van der Waals surface area contributed by atoms with Crippen molar-refractivity contribution in [2.24, 2.45) is 0 Å². The number of benzene rings is 1. The highest BCUT2D eigenvalue weighted by Gasteiger charge is 2.11. The third-order valence-electron chi connectivity index (χ3n) is 2.41. The summed E-state index contributed by atoms with van der Waals surface area (Å²) in [6.07, 6.45) is 0.